The van der Waals surface area contributed by atoms with E-state index in [1.807, 2.05) is 0 Å². The van der Waals surface area contributed by atoms with Crippen molar-refractivity contribution in [3.63, 3.8) is 0 Å². The molecule has 0 spiro atoms. The molecule has 4 nitrogen and oxygen atoms in total. The fraction of sp³-hybridized carbons (Fsp3) is 0. The molecular weight excluding hydrogens is 98.8 g/mol. The molecule has 2 N–H and O–H groups in total. The van der Waals surface area contributed by atoms with E-state index in [4.69, 9.17) is 10.2 Å². The van der Waals surface area contributed by atoms with Gasteiger partial charge in [-0.25, -0.2) is 0 Å². The van der Waals surface area contributed by atoms with Crippen molar-refractivity contribution < 1.29 is 19.8 Å². The molecule has 0 heterocycles. The molecule has 0 unspecified atom stereocenters. The molecule has 0 atom stereocenters. The summed E-state index contributed by atoms with van der Waals surface area (Å²) in [5, 5.41) is 15.3. The monoisotopic (exact) mass is 101 g/mol. The molecule has 0 rings (SSSR count). The fourth-order valence-corrected chi connectivity index (χ4v) is 0.106. The molecule has 0 saturated heterocycles. The van der Waals surface area contributed by atoms with Crippen LogP contribution in [0.1, 0.15) is 0 Å². The molecule has 0 saturated carbocycles. The average molecular weight is 101 g/mol. The van der Waals surface area contributed by atoms with Crippen LogP contribution in [0.4, 0.5) is 9.59 Å². The largest absolute Gasteiger partial charge is 0.489 e. The zero-order chi connectivity index (χ0) is 5.86. The van der Waals surface area contributed by atoms with Crippen LogP contribution in [0.15, 0.2) is 0 Å². The summed E-state index contributed by atoms with van der Waals surface area (Å²) in [5.41, 5.74) is 0. The first-order chi connectivity index (χ1) is 3.13. The third-order valence-electron chi connectivity index (χ3n) is 0.247. The Kier molecular flexibility index (Phi) is 1.91. The van der Waals surface area contributed by atoms with Gasteiger partial charge >= 0.3 is 7.28 Å². The van der Waals surface area contributed by atoms with Gasteiger partial charge in [-0.2, -0.15) is 0 Å². The van der Waals surface area contributed by atoms with Gasteiger partial charge in [0, 0.05) is 0 Å². The highest BCUT2D eigenvalue weighted by Crippen LogP contribution is 1.65. The van der Waals surface area contributed by atoms with Crippen molar-refractivity contribution in [2.45, 2.75) is 0 Å². The molecule has 0 aliphatic rings. The first kappa shape index (κ1) is 6.00. The van der Waals surface area contributed by atoms with Crippen LogP contribution in [0.2, 0.25) is 0 Å². The molecule has 0 aliphatic carbocycles. The average Bonchev–Trinajstić information content (AvgIpc) is 1.27. The first-order valence-corrected chi connectivity index (χ1v) is 1.43. The van der Waals surface area contributed by atoms with Gasteiger partial charge in [-0.1, -0.05) is 0 Å². The summed E-state index contributed by atoms with van der Waals surface area (Å²) < 4.78 is 0. The molecule has 0 amide bonds. The van der Waals surface area contributed by atoms with Crippen molar-refractivity contribution in [2.24, 2.45) is 0 Å². The Morgan fingerprint density at radius 2 is 1.43 bits per heavy atom. The summed E-state index contributed by atoms with van der Waals surface area (Å²) in [6.45, 7) is 0. The topological polar surface area (TPSA) is 74.6 Å². The van der Waals surface area contributed by atoms with Gasteiger partial charge in [0.1, 0.15) is 0 Å². The maximum Gasteiger partial charge on any atom is 0.404 e. The van der Waals surface area contributed by atoms with Crippen LogP contribution in [-0.4, -0.2) is 29.2 Å². The Hall–Kier alpha value is -0.995. The molecule has 0 bridgehead atoms. The maximum absolute atomic E-state index is 9.37. The normalized spacial score (nSPS) is 7.43. The first-order valence-electron chi connectivity index (χ1n) is 1.43. The van der Waals surface area contributed by atoms with Crippen LogP contribution in [-0.2, 0) is 0 Å². The van der Waals surface area contributed by atoms with Gasteiger partial charge < -0.3 is 10.2 Å². The Labute approximate surface area is 40.0 Å². The van der Waals surface area contributed by atoms with Crippen LogP contribution < -0.4 is 0 Å². The third kappa shape index (κ3) is 5.00. The van der Waals surface area contributed by atoms with E-state index >= 15 is 0 Å². The lowest BCUT2D eigenvalue weighted by Crippen LogP contribution is -2.14. The minimum Gasteiger partial charge on any atom is -0.489 e. The van der Waals surface area contributed by atoms with Crippen LogP contribution in [0.5, 0.6) is 0 Å². The van der Waals surface area contributed by atoms with E-state index < -0.39 is 11.7 Å². The van der Waals surface area contributed by atoms with Gasteiger partial charge in [0.25, 0.3) is 11.7 Å². The lowest BCUT2D eigenvalue weighted by atomic mass is 9.80. The van der Waals surface area contributed by atoms with Crippen LogP contribution in [0.3, 0.4) is 0 Å². The maximum atomic E-state index is 9.37. The van der Waals surface area contributed by atoms with Gasteiger partial charge in [-0.15, -0.1) is 0 Å². The van der Waals surface area contributed by atoms with E-state index in [1.165, 1.54) is 0 Å². The Balaban J connectivity index is 3.32. The quantitative estimate of drug-likeness (QED) is 0.481. The van der Waals surface area contributed by atoms with Crippen LogP contribution >= 0.6 is 0 Å². The smallest absolute Gasteiger partial charge is 0.404 e. The third-order valence-corrected chi connectivity index (χ3v) is 0.247. The molecule has 0 aliphatic heterocycles. The summed E-state index contributed by atoms with van der Waals surface area (Å²) in [5.74, 6) is -2.87. The number of carbonyl (C=O) groups is 2. The van der Waals surface area contributed by atoms with Gasteiger partial charge in [0.15, 0.2) is 0 Å². The number of carboxylic acid groups (broad SMARTS) is 2. The summed E-state index contributed by atoms with van der Waals surface area (Å²) in [6.07, 6.45) is 0. The summed E-state index contributed by atoms with van der Waals surface area (Å²) in [4.78, 5) is 18.7. The van der Waals surface area contributed by atoms with Crippen molar-refractivity contribution in [3.05, 3.63) is 0 Å². The SMILES string of the molecule is O=C(O)[B]C(=O)O. The van der Waals surface area contributed by atoms with E-state index in [1.54, 1.807) is 0 Å². The Morgan fingerprint density at radius 1 is 1.14 bits per heavy atom. The molecule has 5 heteroatoms. The molecule has 0 fully saturated rings. The molecule has 0 aromatic rings. The lowest BCUT2D eigenvalue weighted by molar-refractivity contribution is 0.213. The van der Waals surface area contributed by atoms with E-state index in [2.05, 4.69) is 0 Å². The zero-order valence-electron chi connectivity index (χ0n) is 3.29. The number of hydrogen-bond acceptors (Lipinski definition) is 2. The van der Waals surface area contributed by atoms with Gasteiger partial charge in [-0.05, 0) is 0 Å². The Morgan fingerprint density at radius 3 is 1.43 bits per heavy atom. The van der Waals surface area contributed by atoms with Crippen LogP contribution in [0, 0.1) is 0 Å². The van der Waals surface area contributed by atoms with Crippen LogP contribution in [0.25, 0.3) is 0 Å². The highest BCUT2D eigenvalue weighted by atomic mass is 16.4. The fourth-order valence-electron chi connectivity index (χ4n) is 0.106. The molecule has 7 heavy (non-hydrogen) atoms. The Bertz CT molecular complexity index is 85.9. The number of hydrogen-bond donors (Lipinski definition) is 2. The van der Waals surface area contributed by atoms with Crippen molar-refractivity contribution in [1.82, 2.24) is 0 Å². The van der Waals surface area contributed by atoms with Crippen molar-refractivity contribution >= 4 is 19.0 Å². The zero-order valence-corrected chi connectivity index (χ0v) is 3.29. The second-order valence-corrected chi connectivity index (χ2v) is 0.821. The minimum atomic E-state index is -1.44. The summed E-state index contributed by atoms with van der Waals surface area (Å²) in [7, 11) is 0.167. The molecule has 0 aromatic heterocycles. The molecule has 37 valence electrons. The van der Waals surface area contributed by atoms with Crippen molar-refractivity contribution in [3.8, 4) is 0 Å². The lowest BCUT2D eigenvalue weighted by Gasteiger charge is -1.77. The highest BCUT2D eigenvalue weighted by molar-refractivity contribution is 6.94. The minimum absolute atomic E-state index is 0.167. The summed E-state index contributed by atoms with van der Waals surface area (Å²) in [6, 6.07) is 0. The molecular formula is C2H2BO4. The predicted molar refractivity (Wildman–Crippen MR) is 21.8 cm³/mol. The summed E-state index contributed by atoms with van der Waals surface area (Å²) >= 11 is 0. The van der Waals surface area contributed by atoms with Crippen molar-refractivity contribution in [2.75, 3.05) is 0 Å². The standard InChI is InChI=1S/C2H2BO4/c4-1(5)3-2(6)7/h(H,4,5)(H,6,7). The van der Waals surface area contributed by atoms with Crippen molar-refractivity contribution in [1.29, 1.82) is 0 Å². The van der Waals surface area contributed by atoms with E-state index in [0.29, 0.717) is 0 Å². The van der Waals surface area contributed by atoms with E-state index in [-0.39, 0.29) is 7.28 Å². The predicted octanol–water partition coefficient (Wildman–Crippen LogP) is 0.0466. The number of rotatable bonds is 2. The molecule has 0 aromatic carbocycles. The second-order valence-electron chi connectivity index (χ2n) is 0.821. The molecule has 1 radical (unpaired) electrons. The highest BCUT2D eigenvalue weighted by Gasteiger charge is 2.07. The van der Waals surface area contributed by atoms with Gasteiger partial charge in [0.05, 0.1) is 0 Å². The van der Waals surface area contributed by atoms with E-state index in [9.17, 15) is 9.59 Å². The van der Waals surface area contributed by atoms with Gasteiger partial charge in [-0.3, -0.25) is 9.59 Å². The van der Waals surface area contributed by atoms with E-state index in [0.717, 1.165) is 0 Å². The second kappa shape index (κ2) is 2.23. The van der Waals surface area contributed by atoms with Gasteiger partial charge in [0.2, 0.25) is 0 Å².